The van der Waals surface area contributed by atoms with E-state index in [9.17, 15) is 4.79 Å². The maximum atomic E-state index is 12.6. The fourth-order valence-electron chi connectivity index (χ4n) is 3.62. The van der Waals surface area contributed by atoms with Gasteiger partial charge < -0.3 is 5.32 Å². The van der Waals surface area contributed by atoms with Crippen LogP contribution >= 0.6 is 11.8 Å². The molecule has 1 amide bonds. The van der Waals surface area contributed by atoms with E-state index in [4.69, 9.17) is 0 Å². The lowest BCUT2D eigenvalue weighted by atomic mass is 10.1. The Kier molecular flexibility index (Phi) is 7.52. The van der Waals surface area contributed by atoms with E-state index in [1.807, 2.05) is 60.0 Å². The Bertz CT molecular complexity index is 1190. The van der Waals surface area contributed by atoms with Crippen molar-refractivity contribution in [2.24, 2.45) is 0 Å². The first-order valence-electron chi connectivity index (χ1n) is 11.0. The van der Waals surface area contributed by atoms with Crippen LogP contribution in [0.4, 0.5) is 0 Å². The van der Waals surface area contributed by atoms with Crippen LogP contribution in [0.2, 0.25) is 0 Å². The molecule has 33 heavy (non-hydrogen) atoms. The molecule has 4 aromatic rings. The minimum atomic E-state index is -0.0113. The van der Waals surface area contributed by atoms with Crippen LogP contribution in [0, 0.1) is 6.92 Å². The highest BCUT2D eigenvalue weighted by atomic mass is 32.2. The third-order valence-corrected chi connectivity index (χ3v) is 6.29. The molecular formula is C26H27N5OS. The molecule has 7 heteroatoms. The van der Waals surface area contributed by atoms with Crippen molar-refractivity contribution in [2.45, 2.75) is 37.9 Å². The van der Waals surface area contributed by atoms with Gasteiger partial charge in [0.15, 0.2) is 11.0 Å². The normalized spacial score (nSPS) is 11.8. The predicted octanol–water partition coefficient (Wildman–Crippen LogP) is 4.87. The largest absolute Gasteiger partial charge is 0.353 e. The van der Waals surface area contributed by atoms with Gasteiger partial charge in [0.1, 0.15) is 0 Å². The summed E-state index contributed by atoms with van der Waals surface area (Å²) in [5.41, 5.74) is 4.24. The second-order valence-corrected chi connectivity index (χ2v) is 8.89. The van der Waals surface area contributed by atoms with Gasteiger partial charge in [0, 0.05) is 24.0 Å². The van der Waals surface area contributed by atoms with Gasteiger partial charge in [0.25, 0.3) is 0 Å². The standard InChI is InChI=1S/C26H27N5OS/c1-19-9-6-7-13-23(19)31-25(22-12-8-16-27-17-22)29-30-26(31)33-18-24(32)28-20(2)14-15-21-10-4-3-5-11-21/h3-13,16-17,20H,14-15,18H2,1-2H3,(H,28,32). The van der Waals surface area contributed by atoms with Crippen molar-refractivity contribution in [2.75, 3.05) is 5.75 Å². The Morgan fingerprint density at radius 2 is 1.82 bits per heavy atom. The Morgan fingerprint density at radius 1 is 1.03 bits per heavy atom. The number of carbonyl (C=O) groups is 1. The number of nitrogens with one attached hydrogen (secondary N) is 1. The van der Waals surface area contributed by atoms with Crippen LogP contribution in [0.5, 0.6) is 0 Å². The van der Waals surface area contributed by atoms with E-state index in [0.717, 1.165) is 29.7 Å². The molecule has 2 aromatic carbocycles. The number of hydrogen-bond donors (Lipinski definition) is 1. The molecule has 0 radical (unpaired) electrons. The average Bonchev–Trinajstić information content (AvgIpc) is 3.27. The van der Waals surface area contributed by atoms with Crippen LogP contribution in [0.1, 0.15) is 24.5 Å². The van der Waals surface area contributed by atoms with Gasteiger partial charge in [-0.2, -0.15) is 0 Å². The number of amides is 1. The lowest BCUT2D eigenvalue weighted by Gasteiger charge is -2.15. The van der Waals surface area contributed by atoms with Crippen molar-refractivity contribution in [3.8, 4) is 17.1 Å². The highest BCUT2D eigenvalue weighted by Crippen LogP contribution is 2.29. The number of hydrogen-bond acceptors (Lipinski definition) is 5. The summed E-state index contributed by atoms with van der Waals surface area (Å²) in [6.07, 6.45) is 5.34. The monoisotopic (exact) mass is 457 g/mol. The van der Waals surface area contributed by atoms with Crippen LogP contribution in [0.3, 0.4) is 0 Å². The molecule has 1 unspecified atom stereocenters. The Labute approximate surface area is 198 Å². The first kappa shape index (κ1) is 22.7. The molecule has 1 atom stereocenters. The summed E-state index contributed by atoms with van der Waals surface area (Å²) in [5.74, 6) is 0.964. The van der Waals surface area contributed by atoms with Crippen LogP contribution < -0.4 is 5.32 Å². The summed E-state index contributed by atoms with van der Waals surface area (Å²) in [7, 11) is 0. The fourth-order valence-corrected chi connectivity index (χ4v) is 4.38. The van der Waals surface area contributed by atoms with Gasteiger partial charge in [0.05, 0.1) is 11.4 Å². The van der Waals surface area contributed by atoms with E-state index in [-0.39, 0.29) is 17.7 Å². The van der Waals surface area contributed by atoms with E-state index >= 15 is 0 Å². The van der Waals surface area contributed by atoms with Gasteiger partial charge in [-0.1, -0.05) is 60.3 Å². The molecule has 4 rings (SSSR count). The summed E-state index contributed by atoms with van der Waals surface area (Å²) in [6.45, 7) is 4.10. The number of pyridine rings is 1. The summed E-state index contributed by atoms with van der Waals surface area (Å²) < 4.78 is 2.00. The van der Waals surface area contributed by atoms with Crippen molar-refractivity contribution in [1.82, 2.24) is 25.1 Å². The molecule has 0 saturated heterocycles. The maximum Gasteiger partial charge on any atom is 0.230 e. The minimum Gasteiger partial charge on any atom is -0.353 e. The molecule has 2 aromatic heterocycles. The van der Waals surface area contributed by atoms with Crippen LogP contribution in [0.25, 0.3) is 17.1 Å². The molecule has 168 valence electrons. The molecule has 6 nitrogen and oxygen atoms in total. The number of aryl methyl sites for hydroxylation is 2. The van der Waals surface area contributed by atoms with Crippen LogP contribution in [-0.2, 0) is 11.2 Å². The smallest absolute Gasteiger partial charge is 0.230 e. The van der Waals surface area contributed by atoms with E-state index in [1.54, 1.807) is 12.4 Å². The molecule has 1 N–H and O–H groups in total. The zero-order valence-corrected chi connectivity index (χ0v) is 19.6. The number of carbonyl (C=O) groups excluding carboxylic acids is 1. The summed E-state index contributed by atoms with van der Waals surface area (Å²) in [6, 6.07) is 22.3. The van der Waals surface area contributed by atoms with Gasteiger partial charge in [-0.25, -0.2) is 0 Å². The summed E-state index contributed by atoms with van der Waals surface area (Å²) >= 11 is 1.39. The van der Waals surface area contributed by atoms with Crippen molar-refractivity contribution in [1.29, 1.82) is 0 Å². The highest BCUT2D eigenvalue weighted by molar-refractivity contribution is 7.99. The predicted molar refractivity (Wildman–Crippen MR) is 132 cm³/mol. The molecule has 0 aliphatic carbocycles. The maximum absolute atomic E-state index is 12.6. The Balaban J connectivity index is 1.45. The lowest BCUT2D eigenvalue weighted by molar-refractivity contribution is -0.119. The van der Waals surface area contributed by atoms with Crippen molar-refractivity contribution < 1.29 is 4.79 Å². The van der Waals surface area contributed by atoms with Crippen molar-refractivity contribution >= 4 is 17.7 Å². The number of aromatic nitrogens is 4. The number of rotatable bonds is 9. The van der Waals surface area contributed by atoms with Crippen LogP contribution in [0.15, 0.2) is 84.3 Å². The van der Waals surface area contributed by atoms with Gasteiger partial charge in [-0.3, -0.25) is 14.3 Å². The quantitative estimate of drug-likeness (QED) is 0.363. The third kappa shape index (κ3) is 5.87. The average molecular weight is 458 g/mol. The molecule has 0 fully saturated rings. The Hall–Kier alpha value is -3.45. The summed E-state index contributed by atoms with van der Waals surface area (Å²) in [5, 5.41) is 12.6. The Morgan fingerprint density at radius 3 is 2.58 bits per heavy atom. The zero-order chi connectivity index (χ0) is 23.0. The second kappa shape index (κ2) is 10.9. The van der Waals surface area contributed by atoms with E-state index in [1.165, 1.54) is 17.3 Å². The van der Waals surface area contributed by atoms with Crippen molar-refractivity contribution in [3.63, 3.8) is 0 Å². The van der Waals surface area contributed by atoms with Gasteiger partial charge in [-0.05, 0) is 56.0 Å². The van der Waals surface area contributed by atoms with Gasteiger partial charge in [-0.15, -0.1) is 10.2 Å². The van der Waals surface area contributed by atoms with E-state index in [0.29, 0.717) is 11.0 Å². The molecular weight excluding hydrogens is 430 g/mol. The van der Waals surface area contributed by atoms with Gasteiger partial charge >= 0.3 is 0 Å². The lowest BCUT2D eigenvalue weighted by Crippen LogP contribution is -2.34. The molecule has 0 saturated carbocycles. The van der Waals surface area contributed by atoms with Crippen LogP contribution in [-0.4, -0.2) is 37.5 Å². The number of thioether (sulfide) groups is 1. The number of nitrogens with zero attached hydrogens (tertiary/aromatic N) is 4. The molecule has 0 bridgehead atoms. The van der Waals surface area contributed by atoms with E-state index in [2.05, 4.69) is 45.6 Å². The van der Waals surface area contributed by atoms with Gasteiger partial charge in [0.2, 0.25) is 5.91 Å². The minimum absolute atomic E-state index is 0.0113. The number of para-hydroxylation sites is 1. The SMILES string of the molecule is Cc1ccccc1-n1c(SCC(=O)NC(C)CCc2ccccc2)nnc1-c1cccnc1. The highest BCUT2D eigenvalue weighted by Gasteiger charge is 2.19. The molecule has 2 heterocycles. The second-order valence-electron chi connectivity index (χ2n) is 7.95. The first-order valence-corrected chi connectivity index (χ1v) is 12.0. The fraction of sp³-hybridized carbons (Fsp3) is 0.231. The number of benzene rings is 2. The third-order valence-electron chi connectivity index (χ3n) is 5.36. The molecule has 0 aliphatic rings. The molecule has 0 spiro atoms. The van der Waals surface area contributed by atoms with E-state index < -0.39 is 0 Å². The topological polar surface area (TPSA) is 72.7 Å². The zero-order valence-electron chi connectivity index (χ0n) is 18.8. The van der Waals surface area contributed by atoms with Crippen molar-refractivity contribution in [3.05, 3.63) is 90.3 Å². The first-order chi connectivity index (χ1) is 16.1. The summed E-state index contributed by atoms with van der Waals surface area (Å²) in [4.78, 5) is 16.9. The molecule has 0 aliphatic heterocycles.